The number of aromatic nitrogens is 6. The van der Waals surface area contributed by atoms with Crippen LogP contribution in [-0.2, 0) is 20.1 Å². The van der Waals surface area contributed by atoms with E-state index in [1.165, 1.54) is 23.3 Å². The van der Waals surface area contributed by atoms with E-state index in [1.54, 1.807) is 14.1 Å². The van der Waals surface area contributed by atoms with Crippen molar-refractivity contribution in [3.8, 4) is 6.01 Å². The Morgan fingerprint density at radius 1 is 0.885 bits per heavy atom. The van der Waals surface area contributed by atoms with E-state index < -0.39 is 5.69 Å². The maximum Gasteiger partial charge on any atom is 0.354 e. The maximum atomic E-state index is 11.4. The van der Waals surface area contributed by atoms with Crippen LogP contribution in [0.15, 0.2) is 14.4 Å². The van der Waals surface area contributed by atoms with Gasteiger partial charge < -0.3 is 15.4 Å². The zero-order valence-electron chi connectivity index (χ0n) is 15.7. The van der Waals surface area contributed by atoms with Crippen LogP contribution < -0.4 is 32.4 Å². The summed E-state index contributed by atoms with van der Waals surface area (Å²) in [5, 5.41) is 5.49. The summed E-state index contributed by atoms with van der Waals surface area (Å²) in [6, 6.07) is 0.0825. The van der Waals surface area contributed by atoms with E-state index in [0.717, 1.165) is 4.57 Å². The molecule has 0 saturated carbocycles. The van der Waals surface area contributed by atoms with Crippen molar-refractivity contribution in [2.75, 3.05) is 31.8 Å². The van der Waals surface area contributed by atoms with Gasteiger partial charge in [0.05, 0.1) is 7.11 Å². The van der Waals surface area contributed by atoms with Gasteiger partial charge in [-0.2, -0.15) is 9.97 Å². The van der Waals surface area contributed by atoms with Crippen molar-refractivity contribution in [1.82, 2.24) is 28.7 Å². The first-order chi connectivity index (χ1) is 12.3. The van der Waals surface area contributed by atoms with Crippen molar-refractivity contribution in [1.29, 1.82) is 0 Å². The van der Waals surface area contributed by atoms with E-state index in [9.17, 15) is 14.4 Å². The highest BCUT2D eigenvalue weighted by atomic mass is 16.5. The second-order valence-electron chi connectivity index (χ2n) is 4.86. The summed E-state index contributed by atoms with van der Waals surface area (Å²) < 4.78 is 8.55. The molecule has 2 aromatic rings. The second kappa shape index (κ2) is 9.34. The third kappa shape index (κ3) is 4.46. The summed E-state index contributed by atoms with van der Waals surface area (Å²) in [5.41, 5.74) is -1.26. The second-order valence-corrected chi connectivity index (χ2v) is 4.86. The molecule has 0 aromatic carbocycles. The summed E-state index contributed by atoms with van der Waals surface area (Å²) in [7, 11) is 6.13. The van der Waals surface area contributed by atoms with E-state index in [4.69, 9.17) is 4.74 Å². The third-order valence-corrected chi connectivity index (χ3v) is 3.40. The molecule has 0 saturated heterocycles. The smallest absolute Gasteiger partial charge is 0.354 e. The number of nitrogens with zero attached hydrogens (tertiary/aromatic N) is 6. The minimum Gasteiger partial charge on any atom is -0.467 e. The van der Waals surface area contributed by atoms with Gasteiger partial charge in [0.25, 0.3) is 0 Å². The molecular weight excluding hydrogens is 344 g/mol. The highest BCUT2D eigenvalue weighted by Crippen LogP contribution is 2.03. The van der Waals surface area contributed by atoms with Gasteiger partial charge in [-0.05, 0) is 13.8 Å². The molecule has 0 aliphatic heterocycles. The van der Waals surface area contributed by atoms with Crippen LogP contribution in [0.4, 0.5) is 11.9 Å². The van der Waals surface area contributed by atoms with Gasteiger partial charge in [-0.1, -0.05) is 0 Å². The third-order valence-electron chi connectivity index (χ3n) is 3.40. The van der Waals surface area contributed by atoms with Gasteiger partial charge in [-0.3, -0.25) is 9.13 Å². The molecule has 0 radical (unpaired) electrons. The Morgan fingerprint density at radius 2 is 1.42 bits per heavy atom. The first kappa shape index (κ1) is 20.9. The van der Waals surface area contributed by atoms with Gasteiger partial charge in [-0.25, -0.2) is 19.0 Å². The molecule has 2 heterocycles. The van der Waals surface area contributed by atoms with Gasteiger partial charge >= 0.3 is 23.1 Å². The Kier molecular flexibility index (Phi) is 7.50. The van der Waals surface area contributed by atoms with Crippen molar-refractivity contribution in [2.45, 2.75) is 26.9 Å². The predicted octanol–water partition coefficient (Wildman–Crippen LogP) is -1.29. The van der Waals surface area contributed by atoms with E-state index in [1.807, 2.05) is 13.8 Å². The highest BCUT2D eigenvalue weighted by Gasteiger charge is 2.07. The van der Waals surface area contributed by atoms with Gasteiger partial charge in [0.1, 0.15) is 0 Å². The highest BCUT2D eigenvalue weighted by molar-refractivity contribution is 5.24. The fourth-order valence-electron chi connectivity index (χ4n) is 2.03. The van der Waals surface area contributed by atoms with Crippen LogP contribution in [-0.4, -0.2) is 49.9 Å². The number of anilines is 2. The molecule has 12 heteroatoms. The molecule has 2 rings (SSSR count). The average Bonchev–Trinajstić information content (AvgIpc) is 2.65. The summed E-state index contributed by atoms with van der Waals surface area (Å²) >= 11 is 0. The molecular formula is C14H24N8O4. The maximum absolute atomic E-state index is 11.4. The van der Waals surface area contributed by atoms with Crippen LogP contribution >= 0.6 is 0 Å². The zero-order chi connectivity index (χ0) is 19.9. The van der Waals surface area contributed by atoms with Crippen molar-refractivity contribution < 1.29 is 4.74 Å². The lowest BCUT2D eigenvalue weighted by atomic mass is 10.7. The molecule has 0 bridgehead atoms. The molecule has 0 aliphatic rings. The van der Waals surface area contributed by atoms with Crippen LogP contribution in [0.25, 0.3) is 0 Å². The largest absolute Gasteiger partial charge is 0.467 e. The molecule has 144 valence electrons. The van der Waals surface area contributed by atoms with E-state index in [-0.39, 0.29) is 17.4 Å². The van der Waals surface area contributed by atoms with E-state index in [2.05, 4.69) is 25.6 Å². The van der Waals surface area contributed by atoms with Crippen LogP contribution in [0.1, 0.15) is 13.8 Å². The fraction of sp³-hybridized carbons (Fsp3) is 0.571. The lowest BCUT2D eigenvalue weighted by Gasteiger charge is -2.08. The summed E-state index contributed by atoms with van der Waals surface area (Å²) in [4.78, 5) is 45.1. The molecule has 0 unspecified atom stereocenters. The fourth-order valence-corrected chi connectivity index (χ4v) is 2.03. The first-order valence-electron chi connectivity index (χ1n) is 7.90. The van der Waals surface area contributed by atoms with Crippen LogP contribution in [0.2, 0.25) is 0 Å². The van der Waals surface area contributed by atoms with Crippen molar-refractivity contribution in [2.24, 2.45) is 7.05 Å². The molecule has 0 atom stereocenters. The SMILES string of the molecule is CCn1c(NC)nc(=O)n(C)c1=O.CCn1c(NC)nc(OC)nc1=O. The van der Waals surface area contributed by atoms with Crippen LogP contribution in [0.5, 0.6) is 6.01 Å². The molecule has 12 nitrogen and oxygen atoms in total. The zero-order valence-corrected chi connectivity index (χ0v) is 15.7. The summed E-state index contributed by atoms with van der Waals surface area (Å²) in [5.74, 6) is 0.759. The van der Waals surface area contributed by atoms with Gasteiger partial charge in [0.2, 0.25) is 11.9 Å². The van der Waals surface area contributed by atoms with Gasteiger partial charge in [-0.15, -0.1) is 4.98 Å². The Balaban J connectivity index is 0.000000260. The van der Waals surface area contributed by atoms with Crippen molar-refractivity contribution in [3.05, 3.63) is 31.5 Å². The van der Waals surface area contributed by atoms with Gasteiger partial charge in [0, 0.05) is 34.2 Å². The topological polar surface area (TPSA) is 138 Å². The number of ether oxygens (including phenoxy) is 1. The Morgan fingerprint density at radius 3 is 1.88 bits per heavy atom. The number of hydrogen-bond acceptors (Lipinski definition) is 9. The molecule has 0 aliphatic carbocycles. The normalized spacial score (nSPS) is 9.92. The summed E-state index contributed by atoms with van der Waals surface area (Å²) in [6.45, 7) is 4.67. The Hall–Kier alpha value is -3.18. The predicted molar refractivity (Wildman–Crippen MR) is 97.0 cm³/mol. The van der Waals surface area contributed by atoms with Crippen LogP contribution in [0.3, 0.4) is 0 Å². The van der Waals surface area contributed by atoms with Crippen molar-refractivity contribution >= 4 is 11.9 Å². The molecule has 0 amide bonds. The van der Waals surface area contributed by atoms with Crippen LogP contribution in [0, 0.1) is 0 Å². The van der Waals surface area contributed by atoms with E-state index in [0.29, 0.717) is 25.0 Å². The molecule has 0 spiro atoms. The quantitative estimate of drug-likeness (QED) is 0.660. The standard InChI is InChI=1S/2C7H12N4O2/c1-4-11-5(8-2)9-6(13-3)10-7(11)12;1-4-11-5(8-2)9-6(12)10(3)7(11)13/h4H2,1-3H3,(H,8,9,10,12);4H2,1-3H3,(H,8,9,12). The molecule has 2 aromatic heterocycles. The number of nitrogens with one attached hydrogen (secondary N) is 2. The lowest BCUT2D eigenvalue weighted by molar-refractivity contribution is 0.373. The number of methoxy groups -OCH3 is 1. The molecule has 0 fully saturated rings. The summed E-state index contributed by atoms with van der Waals surface area (Å²) in [6.07, 6.45) is 0. The number of rotatable bonds is 5. The lowest BCUT2D eigenvalue weighted by Crippen LogP contribution is -2.40. The minimum atomic E-state index is -0.543. The average molecular weight is 368 g/mol. The first-order valence-corrected chi connectivity index (χ1v) is 7.90. The minimum absolute atomic E-state index is 0.0825. The molecule has 26 heavy (non-hydrogen) atoms. The Bertz CT molecular complexity index is 915. The molecule has 2 N–H and O–H groups in total. The number of hydrogen-bond donors (Lipinski definition) is 2. The van der Waals surface area contributed by atoms with Crippen molar-refractivity contribution in [3.63, 3.8) is 0 Å². The Labute approximate surface area is 149 Å². The monoisotopic (exact) mass is 368 g/mol. The van der Waals surface area contributed by atoms with Gasteiger partial charge in [0.15, 0.2) is 0 Å². The van der Waals surface area contributed by atoms with E-state index >= 15 is 0 Å².